The lowest BCUT2D eigenvalue weighted by atomic mass is 10.1. The van der Waals surface area contributed by atoms with Gasteiger partial charge in [0, 0.05) is 17.6 Å². The highest BCUT2D eigenvalue weighted by molar-refractivity contribution is 6.21. The van der Waals surface area contributed by atoms with Crippen LogP contribution in [0, 0.1) is 6.92 Å². The zero-order chi connectivity index (χ0) is 22.3. The molecule has 0 aliphatic carbocycles. The summed E-state index contributed by atoms with van der Waals surface area (Å²) >= 11 is 0. The van der Waals surface area contributed by atoms with Gasteiger partial charge >= 0.3 is 12.4 Å². The molecule has 0 saturated carbocycles. The van der Waals surface area contributed by atoms with Crippen molar-refractivity contribution in [2.75, 3.05) is 4.90 Å². The molecular weight excluding hydrogens is 411 g/mol. The molecule has 1 saturated heterocycles. The third-order valence-electron chi connectivity index (χ3n) is 5.08. The van der Waals surface area contributed by atoms with Crippen molar-refractivity contribution in [1.29, 1.82) is 0 Å². The summed E-state index contributed by atoms with van der Waals surface area (Å²) in [5.41, 5.74) is 2.61. The van der Waals surface area contributed by atoms with Gasteiger partial charge < -0.3 is 9.64 Å². The maximum atomic E-state index is 13.1. The number of carbonyl (C=O) groups excluding carboxylic acids is 2. The standard InChI is InChI=1S/C22H18F3N3O3/c1-13-11-15(18-5-3-4-6-19(18)26-13)12-27-14(2)20(29)28(21(27)30)16-7-9-17(10-8-16)31-22(23,24)25/h3-11,14H,12H2,1-2H3. The van der Waals surface area contributed by atoms with Gasteiger partial charge in [0.25, 0.3) is 5.91 Å². The molecule has 2 heterocycles. The number of hydrogen-bond donors (Lipinski definition) is 0. The van der Waals surface area contributed by atoms with E-state index >= 15 is 0 Å². The van der Waals surface area contributed by atoms with Gasteiger partial charge in [0.05, 0.1) is 11.2 Å². The maximum absolute atomic E-state index is 13.1. The average molecular weight is 429 g/mol. The number of nitrogens with zero attached hydrogens (tertiary/aromatic N) is 3. The van der Waals surface area contributed by atoms with Gasteiger partial charge in [-0.25, -0.2) is 9.69 Å². The van der Waals surface area contributed by atoms with Crippen LogP contribution < -0.4 is 9.64 Å². The Hall–Kier alpha value is -3.62. The number of hydrogen-bond acceptors (Lipinski definition) is 4. The second-order valence-electron chi connectivity index (χ2n) is 7.24. The first-order chi connectivity index (χ1) is 14.6. The highest BCUT2D eigenvalue weighted by Crippen LogP contribution is 2.31. The van der Waals surface area contributed by atoms with Crippen LogP contribution in [0.1, 0.15) is 18.2 Å². The second-order valence-corrected chi connectivity index (χ2v) is 7.24. The van der Waals surface area contributed by atoms with Crippen LogP contribution in [0.5, 0.6) is 5.75 Å². The first-order valence-electron chi connectivity index (χ1n) is 9.50. The third-order valence-corrected chi connectivity index (χ3v) is 5.08. The highest BCUT2D eigenvalue weighted by atomic mass is 19.4. The summed E-state index contributed by atoms with van der Waals surface area (Å²) < 4.78 is 40.9. The lowest BCUT2D eigenvalue weighted by molar-refractivity contribution is -0.274. The van der Waals surface area contributed by atoms with Crippen LogP contribution >= 0.6 is 0 Å². The topological polar surface area (TPSA) is 62.7 Å². The van der Waals surface area contributed by atoms with Gasteiger partial charge in [-0.3, -0.25) is 9.78 Å². The summed E-state index contributed by atoms with van der Waals surface area (Å²) in [4.78, 5) is 32.8. The Labute approximate surface area is 175 Å². The minimum absolute atomic E-state index is 0.176. The van der Waals surface area contributed by atoms with E-state index < -0.39 is 30.1 Å². The van der Waals surface area contributed by atoms with Crippen LogP contribution in [-0.2, 0) is 11.3 Å². The van der Waals surface area contributed by atoms with Crippen molar-refractivity contribution >= 4 is 28.5 Å². The molecule has 160 valence electrons. The van der Waals surface area contributed by atoms with Crippen molar-refractivity contribution in [3.8, 4) is 5.75 Å². The number of ether oxygens (including phenoxy) is 1. The molecule has 2 aromatic carbocycles. The van der Waals surface area contributed by atoms with Gasteiger partial charge in [-0.2, -0.15) is 0 Å². The molecule has 1 aliphatic heterocycles. The number of para-hydroxylation sites is 1. The Morgan fingerprint density at radius 2 is 1.74 bits per heavy atom. The summed E-state index contributed by atoms with van der Waals surface area (Å²) in [5, 5.41) is 0.882. The number of anilines is 1. The van der Waals surface area contributed by atoms with Crippen LogP contribution in [0.25, 0.3) is 10.9 Å². The van der Waals surface area contributed by atoms with Crippen molar-refractivity contribution < 1.29 is 27.5 Å². The lowest BCUT2D eigenvalue weighted by Gasteiger charge is -2.20. The molecule has 0 spiro atoms. The summed E-state index contributed by atoms with van der Waals surface area (Å²) in [7, 11) is 0. The van der Waals surface area contributed by atoms with E-state index in [9.17, 15) is 22.8 Å². The van der Waals surface area contributed by atoms with Crippen LogP contribution in [-0.4, -0.2) is 34.2 Å². The fourth-order valence-corrected chi connectivity index (χ4v) is 3.66. The molecule has 1 aromatic heterocycles. The van der Waals surface area contributed by atoms with Gasteiger partial charge in [-0.15, -0.1) is 13.2 Å². The zero-order valence-electron chi connectivity index (χ0n) is 16.7. The fraction of sp³-hybridized carbons (Fsp3) is 0.227. The van der Waals surface area contributed by atoms with E-state index in [1.165, 1.54) is 17.0 Å². The van der Waals surface area contributed by atoms with Gasteiger partial charge in [0.1, 0.15) is 11.8 Å². The number of pyridine rings is 1. The van der Waals surface area contributed by atoms with E-state index in [-0.39, 0.29) is 12.2 Å². The van der Waals surface area contributed by atoms with Crippen LogP contribution in [0.2, 0.25) is 0 Å². The number of amides is 3. The predicted molar refractivity (Wildman–Crippen MR) is 107 cm³/mol. The number of rotatable bonds is 4. The Kier molecular flexibility index (Phi) is 5.04. The number of imide groups is 1. The molecule has 1 atom stereocenters. The van der Waals surface area contributed by atoms with E-state index in [0.717, 1.165) is 39.2 Å². The SMILES string of the molecule is Cc1cc(CN2C(=O)N(c3ccc(OC(F)(F)F)cc3)C(=O)C2C)c2ccccc2n1. The van der Waals surface area contributed by atoms with Crippen LogP contribution in [0.3, 0.4) is 0 Å². The first kappa shape index (κ1) is 20.6. The number of benzene rings is 2. The minimum atomic E-state index is -4.82. The highest BCUT2D eigenvalue weighted by Gasteiger charge is 2.43. The Morgan fingerprint density at radius 1 is 1.06 bits per heavy atom. The quantitative estimate of drug-likeness (QED) is 0.559. The Morgan fingerprint density at radius 3 is 2.42 bits per heavy atom. The normalized spacial score (nSPS) is 17.0. The molecule has 0 radical (unpaired) electrons. The number of halogens is 3. The average Bonchev–Trinajstić information content (AvgIpc) is 2.91. The van der Waals surface area contributed by atoms with E-state index in [2.05, 4.69) is 9.72 Å². The van der Waals surface area contributed by atoms with E-state index in [1.54, 1.807) is 6.92 Å². The molecule has 31 heavy (non-hydrogen) atoms. The van der Waals surface area contributed by atoms with Crippen molar-refractivity contribution in [2.24, 2.45) is 0 Å². The Bertz CT molecular complexity index is 1160. The number of alkyl halides is 3. The molecule has 9 heteroatoms. The fourth-order valence-electron chi connectivity index (χ4n) is 3.66. The van der Waals surface area contributed by atoms with E-state index in [1.807, 2.05) is 37.3 Å². The van der Waals surface area contributed by atoms with E-state index in [0.29, 0.717) is 0 Å². The Balaban J connectivity index is 1.61. The first-order valence-corrected chi connectivity index (χ1v) is 9.50. The van der Waals surface area contributed by atoms with Crippen LogP contribution in [0.4, 0.5) is 23.7 Å². The molecule has 6 nitrogen and oxygen atoms in total. The summed E-state index contributed by atoms with van der Waals surface area (Å²) in [5.74, 6) is -0.886. The smallest absolute Gasteiger partial charge is 0.406 e. The van der Waals surface area contributed by atoms with Crippen molar-refractivity contribution in [1.82, 2.24) is 9.88 Å². The van der Waals surface area contributed by atoms with E-state index in [4.69, 9.17) is 0 Å². The molecule has 1 unspecified atom stereocenters. The summed E-state index contributed by atoms with van der Waals surface area (Å²) in [6.07, 6.45) is -4.82. The van der Waals surface area contributed by atoms with Gasteiger partial charge in [0.2, 0.25) is 0 Å². The van der Waals surface area contributed by atoms with Crippen molar-refractivity contribution in [3.05, 3.63) is 65.9 Å². The number of urea groups is 1. The number of aromatic nitrogens is 1. The molecule has 1 aliphatic rings. The molecule has 0 N–H and O–H groups in total. The van der Waals surface area contributed by atoms with Crippen molar-refractivity contribution in [2.45, 2.75) is 32.8 Å². The predicted octanol–water partition coefficient (Wildman–Crippen LogP) is 4.80. The summed E-state index contributed by atoms with van der Waals surface area (Å²) in [6.45, 7) is 3.67. The third kappa shape index (κ3) is 4.03. The zero-order valence-corrected chi connectivity index (χ0v) is 16.7. The molecule has 0 bridgehead atoms. The van der Waals surface area contributed by atoms with Crippen LogP contribution in [0.15, 0.2) is 54.6 Å². The minimum Gasteiger partial charge on any atom is -0.406 e. The van der Waals surface area contributed by atoms with Crippen molar-refractivity contribution in [3.63, 3.8) is 0 Å². The molecule has 4 rings (SSSR count). The van der Waals surface area contributed by atoms with Gasteiger partial charge in [-0.1, -0.05) is 18.2 Å². The second kappa shape index (κ2) is 7.57. The monoisotopic (exact) mass is 429 g/mol. The number of fused-ring (bicyclic) bond motifs is 1. The number of aryl methyl sites for hydroxylation is 1. The summed E-state index contributed by atoms with van der Waals surface area (Å²) in [6, 6.07) is 12.8. The molecule has 1 fully saturated rings. The molecule has 3 aromatic rings. The molecule has 3 amide bonds. The lowest BCUT2D eigenvalue weighted by Crippen LogP contribution is -2.33. The molecular formula is C22H18F3N3O3. The largest absolute Gasteiger partial charge is 0.573 e. The van der Waals surface area contributed by atoms with Gasteiger partial charge in [-0.05, 0) is 55.8 Å². The number of carbonyl (C=O) groups is 2. The van der Waals surface area contributed by atoms with Gasteiger partial charge in [0.15, 0.2) is 0 Å². The maximum Gasteiger partial charge on any atom is 0.573 e.